The average molecular weight is 214 g/mol. The molecule has 1 amide bonds. The van der Waals surface area contributed by atoms with Crippen LogP contribution in [0.15, 0.2) is 18.3 Å². The maximum Gasteiger partial charge on any atom is 0.404 e. The van der Waals surface area contributed by atoms with Crippen molar-refractivity contribution in [3.05, 3.63) is 29.8 Å². The highest BCUT2D eigenvalue weighted by Gasteiger charge is 2.12. The van der Waals surface area contributed by atoms with Crippen molar-refractivity contribution in [3.8, 4) is 0 Å². The molecule has 82 valence electrons. The zero-order valence-corrected chi connectivity index (χ0v) is 8.11. The highest BCUT2D eigenvalue weighted by molar-refractivity contribution is 5.64. The smallest absolute Gasteiger partial charge is 0.404 e. The first-order valence-electron chi connectivity index (χ1n) is 4.24. The summed E-state index contributed by atoms with van der Waals surface area (Å²) in [5.74, 6) is -0.445. The van der Waals surface area contributed by atoms with Gasteiger partial charge in [0.15, 0.2) is 0 Å². The predicted octanol–water partition coefficient (Wildman–Crippen LogP) is 1.18. The molecule has 0 aliphatic carbocycles. The van der Waals surface area contributed by atoms with Crippen LogP contribution in [0.2, 0.25) is 0 Å². The maximum atomic E-state index is 12.6. The second kappa shape index (κ2) is 5.26. The Balaban J connectivity index is 2.65. The fourth-order valence-corrected chi connectivity index (χ4v) is 1.07. The average Bonchev–Trinajstić information content (AvgIpc) is 2.21. The van der Waals surface area contributed by atoms with Crippen LogP contribution in [-0.4, -0.2) is 29.8 Å². The lowest BCUT2D eigenvalue weighted by atomic mass is 10.2. The standard InChI is InChI=1S/C9H11FN2O3/c1-15-8(5-12-9(13)14)7-3-2-6(10)4-11-7/h2-4,8,12H,5H2,1H3,(H,13,14). The number of hydrogen-bond acceptors (Lipinski definition) is 3. The fraction of sp³-hybridized carbons (Fsp3) is 0.333. The van der Waals surface area contributed by atoms with Gasteiger partial charge in [-0.1, -0.05) is 0 Å². The summed E-state index contributed by atoms with van der Waals surface area (Å²) in [5, 5.41) is 10.6. The molecule has 0 spiro atoms. The van der Waals surface area contributed by atoms with Crippen LogP contribution in [0.25, 0.3) is 0 Å². The molecule has 6 heteroatoms. The van der Waals surface area contributed by atoms with Gasteiger partial charge in [0.1, 0.15) is 11.9 Å². The second-order valence-corrected chi connectivity index (χ2v) is 2.81. The molecule has 0 radical (unpaired) electrons. The molecule has 0 aromatic carbocycles. The van der Waals surface area contributed by atoms with Crippen molar-refractivity contribution in [2.24, 2.45) is 0 Å². The zero-order valence-electron chi connectivity index (χ0n) is 8.11. The van der Waals surface area contributed by atoms with Gasteiger partial charge in [-0.25, -0.2) is 9.18 Å². The Hall–Kier alpha value is -1.69. The van der Waals surface area contributed by atoms with Gasteiger partial charge in [0, 0.05) is 7.11 Å². The summed E-state index contributed by atoms with van der Waals surface area (Å²) in [6.07, 6.45) is -0.594. The summed E-state index contributed by atoms with van der Waals surface area (Å²) < 4.78 is 17.6. The summed E-state index contributed by atoms with van der Waals surface area (Å²) in [6, 6.07) is 2.70. The minimum Gasteiger partial charge on any atom is -0.465 e. The van der Waals surface area contributed by atoms with Crippen LogP contribution in [-0.2, 0) is 4.74 Å². The van der Waals surface area contributed by atoms with Gasteiger partial charge in [-0.15, -0.1) is 0 Å². The van der Waals surface area contributed by atoms with Gasteiger partial charge in [0.25, 0.3) is 0 Å². The summed E-state index contributed by atoms with van der Waals surface area (Å²) in [5.41, 5.74) is 0.479. The Bertz CT molecular complexity index is 329. The fourth-order valence-electron chi connectivity index (χ4n) is 1.07. The third kappa shape index (κ3) is 3.51. The minimum atomic E-state index is -1.14. The third-order valence-corrected chi connectivity index (χ3v) is 1.80. The second-order valence-electron chi connectivity index (χ2n) is 2.81. The van der Waals surface area contributed by atoms with E-state index in [1.807, 2.05) is 0 Å². The lowest BCUT2D eigenvalue weighted by Crippen LogP contribution is -2.27. The van der Waals surface area contributed by atoms with E-state index in [0.29, 0.717) is 5.69 Å². The highest BCUT2D eigenvalue weighted by Crippen LogP contribution is 2.12. The third-order valence-electron chi connectivity index (χ3n) is 1.80. The Morgan fingerprint density at radius 2 is 2.47 bits per heavy atom. The molecule has 0 bridgehead atoms. The van der Waals surface area contributed by atoms with Crippen LogP contribution >= 0.6 is 0 Å². The first-order valence-corrected chi connectivity index (χ1v) is 4.24. The molecule has 0 saturated carbocycles. The number of ether oxygens (including phenoxy) is 1. The van der Waals surface area contributed by atoms with Crippen molar-refractivity contribution in [1.29, 1.82) is 0 Å². The number of aromatic nitrogens is 1. The van der Waals surface area contributed by atoms with E-state index in [0.717, 1.165) is 6.20 Å². The molecule has 1 heterocycles. The van der Waals surface area contributed by atoms with Gasteiger partial charge in [0.2, 0.25) is 0 Å². The van der Waals surface area contributed by atoms with Gasteiger partial charge < -0.3 is 15.2 Å². The van der Waals surface area contributed by atoms with Gasteiger partial charge in [-0.05, 0) is 12.1 Å². The van der Waals surface area contributed by atoms with Gasteiger partial charge in [0.05, 0.1) is 18.4 Å². The Morgan fingerprint density at radius 1 is 1.73 bits per heavy atom. The Morgan fingerprint density at radius 3 is 2.93 bits per heavy atom. The molecule has 5 nitrogen and oxygen atoms in total. The molecule has 15 heavy (non-hydrogen) atoms. The highest BCUT2D eigenvalue weighted by atomic mass is 19.1. The van der Waals surface area contributed by atoms with E-state index in [1.54, 1.807) is 0 Å². The first-order chi connectivity index (χ1) is 7.13. The molecule has 1 rings (SSSR count). The molecule has 1 atom stereocenters. The zero-order chi connectivity index (χ0) is 11.3. The van der Waals surface area contributed by atoms with Crippen molar-refractivity contribution in [1.82, 2.24) is 10.3 Å². The van der Waals surface area contributed by atoms with E-state index in [2.05, 4.69) is 10.3 Å². The topological polar surface area (TPSA) is 71.5 Å². The van der Waals surface area contributed by atoms with Gasteiger partial charge in [-0.2, -0.15) is 0 Å². The summed E-state index contributed by atoms with van der Waals surface area (Å²) in [7, 11) is 1.43. The number of carbonyl (C=O) groups is 1. The van der Waals surface area contributed by atoms with Crippen molar-refractivity contribution in [3.63, 3.8) is 0 Å². The largest absolute Gasteiger partial charge is 0.465 e. The van der Waals surface area contributed by atoms with E-state index in [4.69, 9.17) is 9.84 Å². The first kappa shape index (κ1) is 11.4. The van der Waals surface area contributed by atoms with E-state index < -0.39 is 18.0 Å². The number of halogens is 1. The van der Waals surface area contributed by atoms with Crippen molar-refractivity contribution in [2.75, 3.05) is 13.7 Å². The normalized spacial score (nSPS) is 12.1. The van der Waals surface area contributed by atoms with Crippen LogP contribution < -0.4 is 5.32 Å². The molecule has 1 aromatic heterocycles. The summed E-state index contributed by atoms with van der Waals surface area (Å²) in [6.45, 7) is 0.0739. The van der Waals surface area contributed by atoms with Gasteiger partial charge >= 0.3 is 6.09 Å². The number of pyridine rings is 1. The molecule has 2 N–H and O–H groups in total. The number of rotatable bonds is 4. The summed E-state index contributed by atoms with van der Waals surface area (Å²) >= 11 is 0. The van der Waals surface area contributed by atoms with Gasteiger partial charge in [-0.3, -0.25) is 4.98 Å². The van der Waals surface area contributed by atoms with Crippen LogP contribution in [0.1, 0.15) is 11.8 Å². The summed E-state index contributed by atoms with van der Waals surface area (Å²) in [4.78, 5) is 14.1. The quantitative estimate of drug-likeness (QED) is 0.789. The molecule has 1 unspecified atom stereocenters. The minimum absolute atomic E-state index is 0.0739. The molecule has 0 fully saturated rings. The Kier molecular flexibility index (Phi) is 3.99. The number of nitrogens with zero attached hydrogens (tertiary/aromatic N) is 1. The number of carboxylic acid groups (broad SMARTS) is 1. The Labute approximate surface area is 85.9 Å². The van der Waals surface area contributed by atoms with Crippen LogP contribution in [0.3, 0.4) is 0 Å². The lowest BCUT2D eigenvalue weighted by molar-refractivity contribution is 0.0969. The van der Waals surface area contributed by atoms with Crippen molar-refractivity contribution >= 4 is 6.09 Å². The maximum absolute atomic E-state index is 12.6. The molecule has 0 aliphatic rings. The van der Waals surface area contributed by atoms with Crippen LogP contribution in [0.5, 0.6) is 0 Å². The monoisotopic (exact) mass is 214 g/mol. The van der Waals surface area contributed by atoms with Crippen LogP contribution in [0, 0.1) is 5.82 Å². The van der Waals surface area contributed by atoms with E-state index in [-0.39, 0.29) is 6.54 Å². The SMILES string of the molecule is COC(CNC(=O)O)c1ccc(F)cn1. The predicted molar refractivity (Wildman–Crippen MR) is 50.0 cm³/mol. The number of hydrogen-bond donors (Lipinski definition) is 2. The molecular formula is C9H11FN2O3. The molecule has 0 saturated heterocycles. The molecule has 1 aromatic rings. The lowest BCUT2D eigenvalue weighted by Gasteiger charge is -2.14. The van der Waals surface area contributed by atoms with Crippen LogP contribution in [0.4, 0.5) is 9.18 Å². The van der Waals surface area contributed by atoms with Crippen molar-refractivity contribution in [2.45, 2.75) is 6.10 Å². The van der Waals surface area contributed by atoms with E-state index in [9.17, 15) is 9.18 Å². The number of methoxy groups -OCH3 is 1. The van der Waals surface area contributed by atoms with Crippen molar-refractivity contribution < 1.29 is 19.0 Å². The van der Waals surface area contributed by atoms with E-state index >= 15 is 0 Å². The molecular weight excluding hydrogens is 203 g/mol. The van der Waals surface area contributed by atoms with E-state index in [1.165, 1.54) is 19.2 Å². The number of amides is 1. The molecule has 0 aliphatic heterocycles. The number of nitrogens with one attached hydrogen (secondary N) is 1.